The molecule has 0 bridgehead atoms. The van der Waals surface area contributed by atoms with Crippen LogP contribution in [0.25, 0.3) is 0 Å². The van der Waals surface area contributed by atoms with Crippen molar-refractivity contribution in [2.45, 2.75) is 62.7 Å². The Bertz CT molecular complexity index is 798. The van der Waals surface area contributed by atoms with E-state index in [1.807, 2.05) is 32.0 Å². The molecule has 0 aliphatic heterocycles. The lowest BCUT2D eigenvalue weighted by Gasteiger charge is -2.28. The number of hydrogen-bond donors (Lipinski definition) is 0. The first-order valence-corrected chi connectivity index (χ1v) is 11.3. The highest BCUT2D eigenvalue weighted by Gasteiger charge is 2.28. The molecule has 130 valence electrons. The van der Waals surface area contributed by atoms with Crippen LogP contribution in [0.3, 0.4) is 0 Å². The van der Waals surface area contributed by atoms with E-state index in [2.05, 4.69) is 33.8 Å². The minimum absolute atomic E-state index is 0.376. The molecular weight excluding hydrogens is 335 g/mol. The first kappa shape index (κ1) is 19.1. The lowest BCUT2D eigenvalue weighted by atomic mass is 10.2. The second-order valence-electron chi connectivity index (χ2n) is 6.88. The molecule has 0 N–H and O–H groups in total. The molecule has 0 fully saturated rings. The first-order chi connectivity index (χ1) is 11.1. The third kappa shape index (κ3) is 3.90. The normalized spacial score (nSPS) is 12.4. The largest absolute Gasteiger partial charge is 0.218 e. The molecule has 0 aliphatic rings. The monoisotopic (exact) mass is 362 g/mol. The van der Waals surface area contributed by atoms with Crippen LogP contribution in [0, 0.1) is 13.8 Å². The van der Waals surface area contributed by atoms with E-state index in [1.165, 1.54) is 0 Å². The van der Waals surface area contributed by atoms with Crippen molar-refractivity contribution in [3.05, 3.63) is 53.6 Å². The molecule has 2 aromatic rings. The van der Waals surface area contributed by atoms with Gasteiger partial charge in [-0.3, -0.25) is 0 Å². The van der Waals surface area contributed by atoms with Crippen molar-refractivity contribution in [2.24, 2.45) is 0 Å². The third-order valence-corrected chi connectivity index (χ3v) is 9.26. The van der Waals surface area contributed by atoms with Crippen molar-refractivity contribution in [2.75, 3.05) is 0 Å². The maximum absolute atomic E-state index is 13.2. The second-order valence-corrected chi connectivity index (χ2v) is 12.2. The van der Waals surface area contributed by atoms with Gasteiger partial charge in [-0.15, -0.1) is 0 Å². The molecule has 0 spiro atoms. The van der Waals surface area contributed by atoms with E-state index in [-0.39, 0.29) is 0 Å². The summed E-state index contributed by atoms with van der Waals surface area (Å²) in [6, 6.07) is 12.9. The first-order valence-electron chi connectivity index (χ1n) is 8.35. The van der Waals surface area contributed by atoms with Crippen LogP contribution in [0.5, 0.6) is 0 Å². The fourth-order valence-corrected chi connectivity index (χ4v) is 8.05. The van der Waals surface area contributed by atoms with Crippen molar-refractivity contribution >= 4 is 23.1 Å². The molecule has 2 aromatic carbocycles. The summed E-state index contributed by atoms with van der Waals surface area (Å²) < 4.78 is 26.5. The summed E-state index contributed by atoms with van der Waals surface area (Å²) in [4.78, 5) is 0.853. The molecule has 0 aromatic heterocycles. The Morgan fingerprint density at radius 1 is 0.792 bits per heavy atom. The highest BCUT2D eigenvalue weighted by molar-refractivity contribution is 7.92. The Labute approximate surface area is 148 Å². The van der Waals surface area contributed by atoms with Gasteiger partial charge in [-0.2, -0.15) is 0 Å². The second kappa shape index (κ2) is 7.37. The zero-order chi connectivity index (χ0) is 18.1. The van der Waals surface area contributed by atoms with Gasteiger partial charge in [0.05, 0.1) is 9.79 Å². The number of sulfone groups is 1. The van der Waals surface area contributed by atoms with E-state index in [0.29, 0.717) is 21.1 Å². The fourth-order valence-electron chi connectivity index (χ4n) is 3.05. The average molecular weight is 362 g/mol. The number of aryl methyl sites for hydroxylation is 2. The summed E-state index contributed by atoms with van der Waals surface area (Å²) in [6.07, 6.45) is 0. The number of hydrogen-bond acceptors (Lipinski definition) is 2. The molecule has 0 amide bonds. The van der Waals surface area contributed by atoms with Crippen LogP contribution < -0.4 is 5.30 Å². The van der Waals surface area contributed by atoms with E-state index in [1.54, 1.807) is 18.2 Å². The van der Waals surface area contributed by atoms with Crippen LogP contribution in [0.4, 0.5) is 0 Å². The summed E-state index contributed by atoms with van der Waals surface area (Å²) in [7, 11) is -4.05. The molecule has 0 aliphatic carbocycles. The Balaban J connectivity index is 2.68. The molecule has 0 unspecified atom stereocenters. The van der Waals surface area contributed by atoms with Gasteiger partial charge < -0.3 is 0 Å². The average Bonchev–Trinajstić information content (AvgIpc) is 2.46. The minimum atomic E-state index is -3.50. The topological polar surface area (TPSA) is 34.1 Å². The van der Waals surface area contributed by atoms with Crippen LogP contribution in [-0.4, -0.2) is 19.7 Å². The smallest absolute Gasteiger partial charge is 0.207 e. The molecule has 2 rings (SSSR count). The van der Waals surface area contributed by atoms with Gasteiger partial charge in [0.1, 0.15) is 0 Å². The Morgan fingerprint density at radius 3 is 1.79 bits per heavy atom. The van der Waals surface area contributed by atoms with E-state index in [0.717, 1.165) is 16.4 Å². The molecule has 24 heavy (non-hydrogen) atoms. The van der Waals surface area contributed by atoms with Crippen molar-refractivity contribution in [1.29, 1.82) is 0 Å². The van der Waals surface area contributed by atoms with Crippen molar-refractivity contribution < 1.29 is 8.42 Å². The zero-order valence-electron chi connectivity index (χ0n) is 15.4. The van der Waals surface area contributed by atoms with Gasteiger partial charge in [-0.05, 0) is 48.7 Å². The maximum atomic E-state index is 13.2. The fraction of sp³-hybridized carbons (Fsp3) is 0.400. The van der Waals surface area contributed by atoms with Gasteiger partial charge in [-0.1, -0.05) is 71.0 Å². The summed E-state index contributed by atoms with van der Waals surface area (Å²) in [5.41, 5.74) is 3.05. The summed E-state index contributed by atoms with van der Waals surface area (Å²) in [6.45, 7) is 12.8. The van der Waals surface area contributed by atoms with Gasteiger partial charge in [0.25, 0.3) is 0 Å². The van der Waals surface area contributed by atoms with Crippen LogP contribution in [0.2, 0.25) is 0 Å². The number of rotatable bonds is 5. The highest BCUT2D eigenvalue weighted by Crippen LogP contribution is 2.47. The van der Waals surface area contributed by atoms with Gasteiger partial charge in [0, 0.05) is 0 Å². The zero-order valence-corrected chi connectivity index (χ0v) is 17.1. The summed E-state index contributed by atoms with van der Waals surface area (Å²) in [5.74, 6) is 0. The van der Waals surface area contributed by atoms with E-state index in [9.17, 15) is 8.42 Å². The van der Waals surface area contributed by atoms with Gasteiger partial charge in [-0.25, -0.2) is 8.42 Å². The van der Waals surface area contributed by atoms with E-state index >= 15 is 0 Å². The molecule has 0 atom stereocenters. The SMILES string of the molecule is Cc1ccc(S(=O)(=O)c2ccc(C)cc2P(C(C)C)C(C)C)cc1. The summed E-state index contributed by atoms with van der Waals surface area (Å²) in [5, 5.41) is 1.01. The standard InChI is InChI=1S/C20H27O2PS/c1-14(2)23(15(3)4)19-13-17(6)9-12-20(19)24(21,22)18-10-7-16(5)8-11-18/h7-15H,1-6H3. The summed E-state index contributed by atoms with van der Waals surface area (Å²) >= 11 is 0. The third-order valence-electron chi connectivity index (χ3n) is 4.13. The Hall–Kier alpha value is -1.18. The molecule has 0 heterocycles. The maximum Gasteiger partial charge on any atom is 0.207 e. The predicted molar refractivity (Wildman–Crippen MR) is 105 cm³/mol. The minimum Gasteiger partial charge on any atom is -0.218 e. The van der Waals surface area contributed by atoms with Crippen LogP contribution in [0.15, 0.2) is 52.3 Å². The van der Waals surface area contributed by atoms with E-state index < -0.39 is 17.8 Å². The van der Waals surface area contributed by atoms with Gasteiger partial charge in [0.15, 0.2) is 0 Å². The lowest BCUT2D eigenvalue weighted by Crippen LogP contribution is -2.22. The molecule has 0 saturated heterocycles. The molecule has 0 saturated carbocycles. The van der Waals surface area contributed by atoms with Crippen LogP contribution >= 0.6 is 7.92 Å². The van der Waals surface area contributed by atoms with Gasteiger partial charge >= 0.3 is 0 Å². The molecule has 0 radical (unpaired) electrons. The van der Waals surface area contributed by atoms with Crippen molar-refractivity contribution in [3.8, 4) is 0 Å². The number of benzene rings is 2. The Kier molecular flexibility index (Phi) is 5.88. The molecular formula is C20H27O2PS. The molecule has 4 heteroatoms. The van der Waals surface area contributed by atoms with Crippen LogP contribution in [-0.2, 0) is 9.84 Å². The van der Waals surface area contributed by atoms with Crippen molar-refractivity contribution in [3.63, 3.8) is 0 Å². The van der Waals surface area contributed by atoms with E-state index in [4.69, 9.17) is 0 Å². The lowest BCUT2D eigenvalue weighted by molar-refractivity contribution is 0.596. The van der Waals surface area contributed by atoms with Crippen LogP contribution in [0.1, 0.15) is 38.8 Å². The predicted octanol–water partition coefficient (Wildman–Crippen LogP) is 5.06. The Morgan fingerprint density at radius 2 is 1.29 bits per heavy atom. The molecule has 2 nitrogen and oxygen atoms in total. The highest BCUT2D eigenvalue weighted by atomic mass is 32.2. The van der Waals surface area contributed by atoms with Crippen molar-refractivity contribution in [1.82, 2.24) is 0 Å². The quantitative estimate of drug-likeness (QED) is 0.697. The van der Waals surface area contributed by atoms with Gasteiger partial charge in [0.2, 0.25) is 9.84 Å².